The van der Waals surface area contributed by atoms with Crippen molar-refractivity contribution in [2.75, 3.05) is 26.7 Å². The first kappa shape index (κ1) is 16.3. The fraction of sp³-hybridized carbons (Fsp3) is 1.00. The number of piperidine rings is 1. The SMILES string of the molecule is CCC1CCCC(CN)(N2CCC(C)C(OC)C2)CC1. The van der Waals surface area contributed by atoms with Crippen molar-refractivity contribution in [3.8, 4) is 0 Å². The van der Waals surface area contributed by atoms with Gasteiger partial charge in [-0.15, -0.1) is 0 Å². The van der Waals surface area contributed by atoms with Crippen molar-refractivity contribution in [1.29, 1.82) is 0 Å². The number of hydrogen-bond donors (Lipinski definition) is 1. The lowest BCUT2D eigenvalue weighted by Crippen LogP contribution is -2.59. The van der Waals surface area contributed by atoms with Crippen LogP contribution in [0, 0.1) is 11.8 Å². The lowest BCUT2D eigenvalue weighted by atomic mass is 9.83. The highest BCUT2D eigenvalue weighted by atomic mass is 16.5. The van der Waals surface area contributed by atoms with E-state index >= 15 is 0 Å². The van der Waals surface area contributed by atoms with Gasteiger partial charge in [0.1, 0.15) is 0 Å². The maximum absolute atomic E-state index is 6.26. The zero-order valence-corrected chi connectivity index (χ0v) is 13.7. The van der Waals surface area contributed by atoms with Crippen LogP contribution in [0.5, 0.6) is 0 Å². The molecule has 1 heterocycles. The number of methoxy groups -OCH3 is 1. The third kappa shape index (κ3) is 3.37. The van der Waals surface area contributed by atoms with E-state index in [2.05, 4.69) is 18.7 Å². The Morgan fingerprint density at radius 1 is 1.25 bits per heavy atom. The van der Waals surface area contributed by atoms with Crippen molar-refractivity contribution in [3.63, 3.8) is 0 Å². The third-order valence-electron chi connectivity index (χ3n) is 6.09. The fourth-order valence-electron chi connectivity index (χ4n) is 4.29. The second kappa shape index (κ2) is 7.24. The molecule has 2 aliphatic rings. The summed E-state index contributed by atoms with van der Waals surface area (Å²) >= 11 is 0. The summed E-state index contributed by atoms with van der Waals surface area (Å²) in [6.07, 6.45) is 9.64. The van der Waals surface area contributed by atoms with E-state index in [1.165, 1.54) is 51.5 Å². The standard InChI is InChI=1S/C17H34N2O/c1-4-15-6-5-9-17(13-18,10-7-15)19-11-8-14(2)16(12-19)20-3/h14-16H,4-13,18H2,1-3H3. The molecule has 118 valence electrons. The monoisotopic (exact) mass is 282 g/mol. The van der Waals surface area contributed by atoms with Crippen LogP contribution in [0.4, 0.5) is 0 Å². The Bertz CT molecular complexity index is 297. The van der Waals surface area contributed by atoms with Gasteiger partial charge in [-0.3, -0.25) is 4.90 Å². The summed E-state index contributed by atoms with van der Waals surface area (Å²) < 4.78 is 5.71. The predicted molar refractivity (Wildman–Crippen MR) is 84.8 cm³/mol. The summed E-state index contributed by atoms with van der Waals surface area (Å²) in [5, 5.41) is 0. The Balaban J connectivity index is 2.06. The third-order valence-corrected chi connectivity index (χ3v) is 6.09. The van der Waals surface area contributed by atoms with E-state index in [-0.39, 0.29) is 5.54 Å². The number of hydrogen-bond acceptors (Lipinski definition) is 3. The van der Waals surface area contributed by atoms with Gasteiger partial charge in [0, 0.05) is 25.7 Å². The van der Waals surface area contributed by atoms with Crippen molar-refractivity contribution in [2.24, 2.45) is 17.6 Å². The molecule has 4 unspecified atom stereocenters. The van der Waals surface area contributed by atoms with Gasteiger partial charge in [0.2, 0.25) is 0 Å². The molecule has 2 rings (SSSR count). The predicted octanol–water partition coefficient (Wildman–Crippen LogP) is 3.03. The van der Waals surface area contributed by atoms with E-state index in [0.29, 0.717) is 12.0 Å². The van der Waals surface area contributed by atoms with Gasteiger partial charge in [-0.2, -0.15) is 0 Å². The summed E-state index contributed by atoms with van der Waals surface area (Å²) in [4.78, 5) is 2.68. The van der Waals surface area contributed by atoms with E-state index in [4.69, 9.17) is 10.5 Å². The topological polar surface area (TPSA) is 38.5 Å². The van der Waals surface area contributed by atoms with Crippen molar-refractivity contribution < 1.29 is 4.74 Å². The highest BCUT2D eigenvalue weighted by Crippen LogP contribution is 2.37. The van der Waals surface area contributed by atoms with Crippen LogP contribution in [-0.2, 0) is 4.74 Å². The second-order valence-electron chi connectivity index (χ2n) is 7.12. The lowest BCUT2D eigenvalue weighted by molar-refractivity contribution is -0.0491. The minimum atomic E-state index is 0.251. The average molecular weight is 282 g/mol. The Labute approximate surface area is 125 Å². The molecular formula is C17H34N2O. The van der Waals surface area contributed by atoms with Gasteiger partial charge in [-0.25, -0.2) is 0 Å². The van der Waals surface area contributed by atoms with Crippen molar-refractivity contribution in [1.82, 2.24) is 4.90 Å². The van der Waals surface area contributed by atoms with Crippen LogP contribution in [0.15, 0.2) is 0 Å². The molecule has 0 aromatic carbocycles. The smallest absolute Gasteiger partial charge is 0.0724 e. The van der Waals surface area contributed by atoms with Crippen LogP contribution in [0.3, 0.4) is 0 Å². The molecule has 2 fully saturated rings. The van der Waals surface area contributed by atoms with E-state index in [0.717, 1.165) is 19.0 Å². The van der Waals surface area contributed by atoms with Gasteiger partial charge in [-0.1, -0.05) is 33.1 Å². The molecule has 4 atom stereocenters. The van der Waals surface area contributed by atoms with Gasteiger partial charge < -0.3 is 10.5 Å². The summed E-state index contributed by atoms with van der Waals surface area (Å²) in [6, 6.07) is 0. The molecule has 0 spiro atoms. The van der Waals surface area contributed by atoms with Crippen LogP contribution in [0.1, 0.15) is 58.8 Å². The molecule has 3 heteroatoms. The molecule has 3 nitrogen and oxygen atoms in total. The van der Waals surface area contributed by atoms with Crippen LogP contribution in [0.2, 0.25) is 0 Å². The largest absolute Gasteiger partial charge is 0.380 e. The van der Waals surface area contributed by atoms with Crippen LogP contribution in [0.25, 0.3) is 0 Å². The Morgan fingerprint density at radius 3 is 2.70 bits per heavy atom. The first-order valence-electron chi connectivity index (χ1n) is 8.63. The first-order valence-corrected chi connectivity index (χ1v) is 8.63. The van der Waals surface area contributed by atoms with E-state index in [1.54, 1.807) is 0 Å². The fourth-order valence-corrected chi connectivity index (χ4v) is 4.29. The zero-order chi connectivity index (χ0) is 14.6. The molecule has 1 saturated heterocycles. The second-order valence-corrected chi connectivity index (χ2v) is 7.12. The Morgan fingerprint density at radius 2 is 2.05 bits per heavy atom. The number of likely N-dealkylation sites (tertiary alicyclic amines) is 1. The normalized spacial score (nSPS) is 40.5. The average Bonchev–Trinajstić information content (AvgIpc) is 2.70. The maximum Gasteiger partial charge on any atom is 0.0724 e. The zero-order valence-electron chi connectivity index (χ0n) is 13.7. The van der Waals surface area contributed by atoms with E-state index < -0.39 is 0 Å². The molecule has 1 saturated carbocycles. The molecule has 20 heavy (non-hydrogen) atoms. The summed E-state index contributed by atoms with van der Waals surface area (Å²) in [6.45, 7) is 7.75. The van der Waals surface area contributed by atoms with Crippen LogP contribution < -0.4 is 5.73 Å². The molecule has 1 aliphatic heterocycles. The molecule has 1 aliphatic carbocycles. The summed E-state index contributed by atoms with van der Waals surface area (Å²) in [5.41, 5.74) is 6.52. The molecule has 2 N–H and O–H groups in total. The van der Waals surface area contributed by atoms with Gasteiger partial charge in [0.15, 0.2) is 0 Å². The highest BCUT2D eigenvalue weighted by Gasteiger charge is 2.40. The first-order chi connectivity index (χ1) is 9.65. The van der Waals surface area contributed by atoms with Gasteiger partial charge in [-0.05, 0) is 44.1 Å². The van der Waals surface area contributed by atoms with Crippen LogP contribution >= 0.6 is 0 Å². The molecule has 0 bridgehead atoms. The van der Waals surface area contributed by atoms with Gasteiger partial charge in [0.05, 0.1) is 6.10 Å². The summed E-state index contributed by atoms with van der Waals surface area (Å²) in [7, 11) is 1.86. The maximum atomic E-state index is 6.26. The molecule has 0 amide bonds. The Hall–Kier alpha value is -0.120. The number of nitrogens with two attached hydrogens (primary N) is 1. The van der Waals surface area contributed by atoms with Gasteiger partial charge in [0.25, 0.3) is 0 Å². The van der Waals surface area contributed by atoms with E-state index in [9.17, 15) is 0 Å². The molecule has 0 aromatic heterocycles. The molecule has 0 aromatic rings. The highest BCUT2D eigenvalue weighted by molar-refractivity contribution is 4.97. The van der Waals surface area contributed by atoms with Crippen molar-refractivity contribution in [2.45, 2.75) is 70.4 Å². The number of ether oxygens (including phenoxy) is 1. The summed E-state index contributed by atoms with van der Waals surface area (Å²) in [5.74, 6) is 1.60. The minimum Gasteiger partial charge on any atom is -0.380 e. The number of rotatable bonds is 4. The van der Waals surface area contributed by atoms with Crippen molar-refractivity contribution in [3.05, 3.63) is 0 Å². The van der Waals surface area contributed by atoms with Gasteiger partial charge >= 0.3 is 0 Å². The lowest BCUT2D eigenvalue weighted by Gasteiger charge is -2.48. The Kier molecular flexibility index (Phi) is 5.88. The number of nitrogens with zero attached hydrogens (tertiary/aromatic N) is 1. The van der Waals surface area contributed by atoms with Crippen LogP contribution in [-0.4, -0.2) is 43.3 Å². The van der Waals surface area contributed by atoms with E-state index in [1.807, 2.05) is 7.11 Å². The minimum absolute atomic E-state index is 0.251. The molecule has 0 radical (unpaired) electrons. The van der Waals surface area contributed by atoms with Crippen molar-refractivity contribution >= 4 is 0 Å². The quantitative estimate of drug-likeness (QED) is 0.806. The molecular weight excluding hydrogens is 248 g/mol.